The monoisotopic (exact) mass is 243 g/mol. The highest BCUT2D eigenvalue weighted by molar-refractivity contribution is 5.95. The van der Waals surface area contributed by atoms with E-state index in [1.54, 1.807) is 6.92 Å². The van der Waals surface area contributed by atoms with Gasteiger partial charge in [-0.1, -0.05) is 30.3 Å². The topological polar surface area (TPSA) is 29.4 Å². The molecule has 0 bridgehead atoms. The molecule has 0 radical (unpaired) electrons. The Morgan fingerprint density at radius 2 is 1.94 bits per heavy atom. The number of Topliss-reactive ketones (excluding diaryl/α,β-unsaturated/α-hetero) is 1. The summed E-state index contributed by atoms with van der Waals surface area (Å²) < 4.78 is 35.7. The van der Waals surface area contributed by atoms with E-state index in [1.807, 2.05) is 30.3 Å². The van der Waals surface area contributed by atoms with Crippen LogP contribution in [0.5, 0.6) is 0 Å². The molecule has 0 aliphatic rings. The lowest BCUT2D eigenvalue weighted by Gasteiger charge is -2.06. The van der Waals surface area contributed by atoms with Gasteiger partial charge >= 0.3 is 6.18 Å². The van der Waals surface area contributed by atoms with Crippen LogP contribution in [0.2, 0.25) is 0 Å². The molecule has 0 N–H and O–H groups in total. The van der Waals surface area contributed by atoms with Crippen molar-refractivity contribution in [2.45, 2.75) is 25.6 Å². The van der Waals surface area contributed by atoms with Crippen molar-refractivity contribution in [3.63, 3.8) is 0 Å². The molecule has 0 saturated carbocycles. The third-order valence-electron chi connectivity index (χ3n) is 2.20. The number of hydrogen-bond donors (Lipinski definition) is 0. The fourth-order valence-corrected chi connectivity index (χ4v) is 1.23. The van der Waals surface area contributed by atoms with Crippen molar-refractivity contribution in [1.29, 1.82) is 0 Å². The van der Waals surface area contributed by atoms with Gasteiger partial charge in [0.25, 0.3) is 0 Å². The van der Waals surface area contributed by atoms with Gasteiger partial charge in [0.2, 0.25) is 5.78 Å². The van der Waals surface area contributed by atoms with Crippen LogP contribution >= 0.6 is 0 Å². The number of halogens is 3. The molecular formula is C12H12F3NO. The maximum Gasteiger partial charge on any atom is 0.450 e. The zero-order valence-electron chi connectivity index (χ0n) is 9.24. The predicted molar refractivity (Wildman–Crippen MR) is 59.0 cm³/mol. The van der Waals surface area contributed by atoms with Crippen LogP contribution in [-0.2, 0) is 4.79 Å². The van der Waals surface area contributed by atoms with Crippen molar-refractivity contribution in [2.75, 3.05) is 0 Å². The van der Waals surface area contributed by atoms with E-state index in [4.69, 9.17) is 0 Å². The second-order valence-electron chi connectivity index (χ2n) is 3.54. The summed E-state index contributed by atoms with van der Waals surface area (Å²) in [6.07, 6.45) is -4.46. The van der Waals surface area contributed by atoms with Crippen molar-refractivity contribution in [3.05, 3.63) is 35.9 Å². The van der Waals surface area contributed by atoms with Gasteiger partial charge in [-0.2, -0.15) is 13.2 Å². The van der Waals surface area contributed by atoms with E-state index in [-0.39, 0.29) is 6.04 Å². The Labute approximate surface area is 97.2 Å². The number of hydrogen-bond acceptors (Lipinski definition) is 2. The fourth-order valence-electron chi connectivity index (χ4n) is 1.23. The largest absolute Gasteiger partial charge is 0.450 e. The summed E-state index contributed by atoms with van der Waals surface area (Å²) >= 11 is 0. The highest BCUT2D eigenvalue weighted by Gasteiger charge is 2.36. The van der Waals surface area contributed by atoms with E-state index in [0.29, 0.717) is 0 Å². The molecule has 0 amide bonds. The smallest absolute Gasteiger partial charge is 0.289 e. The molecule has 0 fully saturated rings. The van der Waals surface area contributed by atoms with Crippen LogP contribution in [-0.4, -0.2) is 18.2 Å². The average molecular weight is 243 g/mol. The summed E-state index contributed by atoms with van der Waals surface area (Å²) in [6.45, 7) is 1.75. The van der Waals surface area contributed by atoms with Gasteiger partial charge in [-0.3, -0.25) is 9.79 Å². The molecule has 0 saturated heterocycles. The molecule has 92 valence electrons. The second-order valence-corrected chi connectivity index (χ2v) is 3.54. The number of aliphatic imine (C=N–C) groups is 1. The molecule has 0 spiro atoms. The summed E-state index contributed by atoms with van der Waals surface area (Å²) in [5, 5.41) is 0. The third-order valence-corrected chi connectivity index (χ3v) is 2.20. The maximum atomic E-state index is 11.9. The number of ketones is 1. The van der Waals surface area contributed by atoms with Crippen molar-refractivity contribution in [2.24, 2.45) is 4.99 Å². The van der Waals surface area contributed by atoms with Crippen molar-refractivity contribution >= 4 is 12.0 Å². The molecular weight excluding hydrogens is 231 g/mol. The fraction of sp³-hybridized carbons (Fsp3) is 0.333. The normalized spacial score (nSPS) is 13.9. The van der Waals surface area contributed by atoms with Gasteiger partial charge in [0.15, 0.2) is 0 Å². The van der Waals surface area contributed by atoms with Crippen LogP contribution in [0.1, 0.15) is 24.9 Å². The predicted octanol–water partition coefficient (Wildman–Crippen LogP) is 3.34. The van der Waals surface area contributed by atoms with Crippen LogP contribution in [0.4, 0.5) is 13.2 Å². The number of alkyl halides is 3. The zero-order valence-corrected chi connectivity index (χ0v) is 9.24. The molecule has 0 unspecified atom stereocenters. The SMILES string of the molecule is C[C@@H](N=CCC(=O)C(F)(F)F)c1ccccc1. The lowest BCUT2D eigenvalue weighted by Crippen LogP contribution is -2.22. The summed E-state index contributed by atoms with van der Waals surface area (Å²) in [5.41, 5.74) is 0.892. The summed E-state index contributed by atoms with van der Waals surface area (Å²) in [5.74, 6) is -1.78. The second kappa shape index (κ2) is 5.61. The van der Waals surface area contributed by atoms with Crippen LogP contribution in [0.15, 0.2) is 35.3 Å². The van der Waals surface area contributed by atoms with Gasteiger partial charge in [-0.15, -0.1) is 0 Å². The van der Waals surface area contributed by atoms with Gasteiger partial charge in [-0.25, -0.2) is 0 Å². The number of rotatable bonds is 4. The standard InChI is InChI=1S/C12H12F3NO/c1-9(10-5-3-2-4-6-10)16-8-7-11(17)12(13,14)15/h2-6,8-9H,7H2,1H3/t9-/m1/s1. The minimum absolute atomic E-state index is 0.253. The Hall–Kier alpha value is -1.65. The molecule has 1 atom stereocenters. The van der Waals surface area contributed by atoms with Crippen LogP contribution in [0.3, 0.4) is 0 Å². The molecule has 0 aliphatic carbocycles. The lowest BCUT2D eigenvalue weighted by molar-refractivity contribution is -0.169. The Morgan fingerprint density at radius 1 is 1.35 bits per heavy atom. The van der Waals surface area contributed by atoms with Crippen LogP contribution < -0.4 is 0 Å². The van der Waals surface area contributed by atoms with Gasteiger partial charge in [0.05, 0.1) is 12.5 Å². The Bertz CT molecular complexity index is 398. The van der Waals surface area contributed by atoms with E-state index in [9.17, 15) is 18.0 Å². The number of nitrogens with zero attached hydrogens (tertiary/aromatic N) is 1. The van der Waals surface area contributed by atoms with Gasteiger partial charge in [0, 0.05) is 6.21 Å². The Kier molecular flexibility index (Phi) is 4.43. The molecule has 1 aromatic carbocycles. The zero-order chi connectivity index (χ0) is 12.9. The van der Waals surface area contributed by atoms with E-state index in [2.05, 4.69) is 4.99 Å². The van der Waals surface area contributed by atoms with E-state index < -0.39 is 18.4 Å². The average Bonchev–Trinajstić information content (AvgIpc) is 2.28. The Morgan fingerprint density at radius 3 is 2.47 bits per heavy atom. The van der Waals surface area contributed by atoms with Crippen molar-refractivity contribution < 1.29 is 18.0 Å². The first-order valence-corrected chi connectivity index (χ1v) is 5.08. The number of carbonyl (C=O) groups is 1. The number of benzene rings is 1. The Balaban J connectivity index is 2.53. The lowest BCUT2D eigenvalue weighted by atomic mass is 10.1. The minimum Gasteiger partial charge on any atom is -0.289 e. The van der Waals surface area contributed by atoms with Crippen molar-refractivity contribution in [3.8, 4) is 0 Å². The molecule has 5 heteroatoms. The van der Waals surface area contributed by atoms with Gasteiger partial charge in [-0.05, 0) is 12.5 Å². The molecule has 17 heavy (non-hydrogen) atoms. The quantitative estimate of drug-likeness (QED) is 0.746. The van der Waals surface area contributed by atoms with Gasteiger partial charge < -0.3 is 0 Å². The number of carbonyl (C=O) groups excluding carboxylic acids is 1. The summed E-state index contributed by atoms with van der Waals surface area (Å²) in [4.78, 5) is 14.5. The first-order valence-electron chi connectivity index (χ1n) is 5.08. The van der Waals surface area contributed by atoms with Crippen LogP contribution in [0.25, 0.3) is 0 Å². The van der Waals surface area contributed by atoms with Crippen LogP contribution in [0, 0.1) is 0 Å². The van der Waals surface area contributed by atoms with Gasteiger partial charge in [0.1, 0.15) is 0 Å². The highest BCUT2D eigenvalue weighted by atomic mass is 19.4. The first-order chi connectivity index (χ1) is 7.91. The molecule has 0 aliphatic heterocycles. The molecule has 1 aromatic rings. The molecule has 2 nitrogen and oxygen atoms in total. The van der Waals surface area contributed by atoms with E-state index in [1.165, 1.54) is 0 Å². The molecule has 0 heterocycles. The minimum atomic E-state index is -4.78. The van der Waals surface area contributed by atoms with E-state index >= 15 is 0 Å². The molecule has 1 rings (SSSR count). The first kappa shape index (κ1) is 13.4. The third kappa shape index (κ3) is 4.38. The molecule has 0 aromatic heterocycles. The highest BCUT2D eigenvalue weighted by Crippen LogP contribution is 2.18. The van der Waals surface area contributed by atoms with E-state index in [0.717, 1.165) is 11.8 Å². The summed E-state index contributed by atoms with van der Waals surface area (Å²) in [6, 6.07) is 8.89. The maximum absolute atomic E-state index is 11.9. The van der Waals surface area contributed by atoms with Crippen molar-refractivity contribution in [1.82, 2.24) is 0 Å². The summed E-state index contributed by atoms with van der Waals surface area (Å²) in [7, 11) is 0.